The van der Waals surface area contributed by atoms with Gasteiger partial charge in [-0.1, -0.05) is 36.9 Å². The van der Waals surface area contributed by atoms with E-state index in [0.29, 0.717) is 18.8 Å². The summed E-state index contributed by atoms with van der Waals surface area (Å²) in [5.41, 5.74) is 5.76. The average molecular weight is 481 g/mol. The number of benzene rings is 3. The van der Waals surface area contributed by atoms with Gasteiger partial charge in [-0.05, 0) is 55.1 Å². The highest BCUT2D eigenvalue weighted by Gasteiger charge is 2.22. The molecule has 0 spiro atoms. The third-order valence-electron chi connectivity index (χ3n) is 5.87. The molecule has 3 N–H and O–H groups in total. The zero-order valence-corrected chi connectivity index (χ0v) is 20.1. The number of hydrogen-bond donors (Lipinski definition) is 3. The lowest BCUT2D eigenvalue weighted by molar-refractivity contribution is -0.120. The highest BCUT2D eigenvalue weighted by atomic mass is 16.2. The molecule has 0 saturated carbocycles. The first-order chi connectivity index (χ1) is 17.5. The number of aliphatic imine (C=N–C) groups is 1. The number of nitrogens with one attached hydrogen (secondary N) is 3. The van der Waals surface area contributed by atoms with Gasteiger partial charge in [0.25, 0.3) is 0 Å². The first-order valence-corrected chi connectivity index (χ1v) is 11.5. The van der Waals surface area contributed by atoms with Gasteiger partial charge in [-0.3, -0.25) is 19.9 Å². The van der Waals surface area contributed by atoms with Crippen LogP contribution in [0.15, 0.2) is 84.4 Å². The second-order valence-electron chi connectivity index (χ2n) is 8.41. The van der Waals surface area contributed by atoms with Crippen molar-refractivity contribution in [3.8, 4) is 11.1 Å². The fourth-order valence-corrected chi connectivity index (χ4v) is 4.07. The highest BCUT2D eigenvalue weighted by molar-refractivity contribution is 6.01. The summed E-state index contributed by atoms with van der Waals surface area (Å²) in [6, 6.07) is 21.1. The van der Waals surface area contributed by atoms with Crippen LogP contribution in [-0.4, -0.2) is 55.9 Å². The number of para-hydroxylation sites is 1. The van der Waals surface area contributed by atoms with Crippen LogP contribution in [0.1, 0.15) is 5.56 Å². The molecule has 0 aromatic heterocycles. The fourth-order valence-electron chi connectivity index (χ4n) is 4.07. The van der Waals surface area contributed by atoms with Crippen molar-refractivity contribution in [2.75, 3.05) is 42.2 Å². The Morgan fingerprint density at radius 1 is 1.06 bits per heavy atom. The first kappa shape index (κ1) is 24.6. The summed E-state index contributed by atoms with van der Waals surface area (Å²) in [7, 11) is 1.95. The van der Waals surface area contributed by atoms with Gasteiger partial charge in [-0.25, -0.2) is 4.99 Å². The standard InChI is InChI=1S/C28H28N6O2/c1-3-26(35)31-23-8-4-6-20(16-23)25-9-5-7-21(17-30-19-29)28(25)32-22-10-12-24(13-11-22)34-15-14-33(2)18-27(34)36/h3-13,16-17,19,29,32H,1,14-15,18H2,2H3,(H,31,35). The van der Waals surface area contributed by atoms with Gasteiger partial charge in [-0.2, -0.15) is 0 Å². The topological polar surface area (TPSA) is 101 Å². The molecule has 0 aliphatic carbocycles. The predicted molar refractivity (Wildman–Crippen MR) is 147 cm³/mol. The molecule has 8 nitrogen and oxygen atoms in total. The minimum atomic E-state index is -0.281. The Morgan fingerprint density at radius 2 is 1.83 bits per heavy atom. The minimum Gasteiger partial charge on any atom is -0.354 e. The summed E-state index contributed by atoms with van der Waals surface area (Å²) >= 11 is 0. The number of anilines is 4. The fraction of sp³-hybridized carbons (Fsp3) is 0.143. The maximum atomic E-state index is 12.4. The van der Waals surface area contributed by atoms with Crippen molar-refractivity contribution >= 4 is 47.1 Å². The van der Waals surface area contributed by atoms with E-state index in [1.165, 1.54) is 6.08 Å². The zero-order valence-electron chi connectivity index (χ0n) is 20.1. The molecule has 1 fully saturated rings. The van der Waals surface area contributed by atoms with Gasteiger partial charge in [0.1, 0.15) is 6.34 Å². The number of hydrogen-bond acceptors (Lipinski definition) is 5. The van der Waals surface area contributed by atoms with Gasteiger partial charge in [0.2, 0.25) is 11.8 Å². The van der Waals surface area contributed by atoms with Crippen LogP contribution in [0.25, 0.3) is 11.1 Å². The largest absolute Gasteiger partial charge is 0.354 e. The van der Waals surface area contributed by atoms with E-state index < -0.39 is 0 Å². The number of piperazine rings is 1. The molecule has 182 valence electrons. The van der Waals surface area contributed by atoms with Gasteiger partial charge in [0, 0.05) is 47.5 Å². The van der Waals surface area contributed by atoms with E-state index in [1.807, 2.05) is 83.6 Å². The van der Waals surface area contributed by atoms with Crippen LogP contribution >= 0.6 is 0 Å². The first-order valence-electron chi connectivity index (χ1n) is 11.5. The van der Waals surface area contributed by atoms with Crippen molar-refractivity contribution in [2.24, 2.45) is 4.99 Å². The number of carbonyl (C=O) groups is 2. The third kappa shape index (κ3) is 5.73. The molecule has 4 rings (SSSR count). The van der Waals surface area contributed by atoms with E-state index in [-0.39, 0.29) is 11.8 Å². The number of rotatable bonds is 8. The number of nitrogens with zero attached hydrogens (tertiary/aromatic N) is 3. The molecule has 0 unspecified atom stereocenters. The second-order valence-corrected chi connectivity index (χ2v) is 8.41. The maximum Gasteiger partial charge on any atom is 0.247 e. The highest BCUT2D eigenvalue weighted by Crippen LogP contribution is 2.34. The Morgan fingerprint density at radius 3 is 2.56 bits per heavy atom. The molecule has 3 aromatic carbocycles. The molecular formula is C28H28N6O2. The van der Waals surface area contributed by atoms with Crippen molar-refractivity contribution in [3.63, 3.8) is 0 Å². The second kappa shape index (κ2) is 11.2. The van der Waals surface area contributed by atoms with E-state index in [0.717, 1.165) is 46.6 Å². The Labute approximate surface area is 210 Å². The zero-order chi connectivity index (χ0) is 25.5. The molecular weight excluding hydrogens is 452 g/mol. The van der Waals surface area contributed by atoms with Crippen LogP contribution in [0.3, 0.4) is 0 Å². The lowest BCUT2D eigenvalue weighted by Gasteiger charge is -2.32. The summed E-state index contributed by atoms with van der Waals surface area (Å²) in [5.74, 6) is -0.195. The lowest BCUT2D eigenvalue weighted by Crippen LogP contribution is -2.48. The van der Waals surface area contributed by atoms with E-state index in [2.05, 4.69) is 22.2 Å². The van der Waals surface area contributed by atoms with Crippen molar-refractivity contribution in [3.05, 3.63) is 84.9 Å². The van der Waals surface area contributed by atoms with Crippen LogP contribution in [0.4, 0.5) is 22.7 Å². The van der Waals surface area contributed by atoms with Gasteiger partial charge in [0.15, 0.2) is 0 Å². The summed E-state index contributed by atoms with van der Waals surface area (Å²) in [5, 5.41) is 13.6. The molecule has 0 bridgehead atoms. The van der Waals surface area contributed by atoms with Gasteiger partial charge >= 0.3 is 0 Å². The van der Waals surface area contributed by atoms with Gasteiger partial charge in [-0.15, -0.1) is 0 Å². The third-order valence-corrected chi connectivity index (χ3v) is 5.87. The number of amides is 2. The Bertz CT molecular complexity index is 1320. The van der Waals surface area contributed by atoms with Crippen LogP contribution in [0.5, 0.6) is 0 Å². The maximum absolute atomic E-state index is 12.4. The number of carbonyl (C=O) groups excluding carboxylic acids is 2. The molecule has 2 amide bonds. The molecule has 3 aromatic rings. The van der Waals surface area contributed by atoms with Crippen LogP contribution in [0, 0.1) is 5.41 Å². The summed E-state index contributed by atoms with van der Waals surface area (Å²) in [4.78, 5) is 32.0. The summed E-state index contributed by atoms with van der Waals surface area (Å²) < 4.78 is 0. The Hall–Kier alpha value is -4.56. The molecule has 0 atom stereocenters. The number of likely N-dealkylation sites (N-methyl/N-ethyl adjacent to an activating group) is 1. The quantitative estimate of drug-likeness (QED) is 0.251. The minimum absolute atomic E-state index is 0.0865. The van der Waals surface area contributed by atoms with Crippen molar-refractivity contribution in [2.45, 2.75) is 0 Å². The molecule has 1 heterocycles. The summed E-state index contributed by atoms with van der Waals surface area (Å²) in [6.45, 7) is 5.41. The van der Waals surface area contributed by atoms with Crippen LogP contribution < -0.4 is 15.5 Å². The van der Waals surface area contributed by atoms with E-state index in [4.69, 9.17) is 5.41 Å². The average Bonchev–Trinajstić information content (AvgIpc) is 2.88. The van der Waals surface area contributed by atoms with Crippen LogP contribution in [-0.2, 0) is 9.59 Å². The van der Waals surface area contributed by atoms with Gasteiger partial charge < -0.3 is 15.5 Å². The lowest BCUT2D eigenvalue weighted by atomic mass is 9.99. The van der Waals surface area contributed by atoms with Gasteiger partial charge in [0.05, 0.1) is 12.2 Å². The SMILES string of the molecule is C=CC(=O)Nc1cccc(-c2cccc(C=NC=N)c2Nc2ccc(N3CCN(C)CC3=O)cc2)c1. The molecule has 1 saturated heterocycles. The molecule has 1 aliphatic heterocycles. The Kier molecular flexibility index (Phi) is 7.67. The molecule has 8 heteroatoms. The van der Waals surface area contributed by atoms with E-state index in [1.54, 1.807) is 6.21 Å². The molecule has 1 aliphatic rings. The van der Waals surface area contributed by atoms with E-state index >= 15 is 0 Å². The molecule has 36 heavy (non-hydrogen) atoms. The van der Waals surface area contributed by atoms with Crippen molar-refractivity contribution in [1.82, 2.24) is 4.90 Å². The smallest absolute Gasteiger partial charge is 0.247 e. The van der Waals surface area contributed by atoms with E-state index in [9.17, 15) is 9.59 Å². The van der Waals surface area contributed by atoms with Crippen molar-refractivity contribution < 1.29 is 9.59 Å². The van der Waals surface area contributed by atoms with Crippen molar-refractivity contribution in [1.29, 1.82) is 5.41 Å². The summed E-state index contributed by atoms with van der Waals surface area (Å²) in [6.07, 6.45) is 3.84. The normalized spacial score (nSPS) is 14.0. The Balaban J connectivity index is 1.67. The van der Waals surface area contributed by atoms with Crippen LogP contribution in [0.2, 0.25) is 0 Å². The monoisotopic (exact) mass is 480 g/mol. The predicted octanol–water partition coefficient (Wildman–Crippen LogP) is 4.53. The molecule has 0 radical (unpaired) electrons.